The fourth-order valence-corrected chi connectivity index (χ4v) is 3.65. The van der Waals surface area contributed by atoms with E-state index in [2.05, 4.69) is 17.6 Å². The number of methoxy groups -OCH3 is 3. The van der Waals surface area contributed by atoms with E-state index in [-0.39, 0.29) is 36.6 Å². The van der Waals surface area contributed by atoms with E-state index < -0.39 is 6.04 Å². The zero-order valence-corrected chi connectivity index (χ0v) is 18.5. The molecule has 8 heteroatoms. The second kappa shape index (κ2) is 12.5. The number of carbonyl (C=O) groups excluding carboxylic acids is 2. The van der Waals surface area contributed by atoms with Gasteiger partial charge in [-0.05, 0) is 55.5 Å². The summed E-state index contributed by atoms with van der Waals surface area (Å²) in [5.74, 6) is 1.46. The lowest BCUT2D eigenvalue weighted by molar-refractivity contribution is -0.141. The predicted octanol–water partition coefficient (Wildman–Crippen LogP) is 2.87. The van der Waals surface area contributed by atoms with E-state index in [1.54, 1.807) is 26.4 Å². The molecule has 164 valence electrons. The highest BCUT2D eigenvalue weighted by molar-refractivity contribution is 5.85. The maximum Gasteiger partial charge on any atom is 0.307 e. The van der Waals surface area contributed by atoms with Crippen LogP contribution in [0, 0.1) is 11.8 Å². The molecule has 0 aromatic heterocycles. The first-order chi connectivity index (χ1) is 13.5. The van der Waals surface area contributed by atoms with Crippen LogP contribution in [0.5, 0.6) is 11.5 Å². The van der Waals surface area contributed by atoms with Crippen molar-refractivity contribution in [1.82, 2.24) is 10.6 Å². The van der Waals surface area contributed by atoms with Gasteiger partial charge in [0.2, 0.25) is 5.91 Å². The van der Waals surface area contributed by atoms with Gasteiger partial charge < -0.3 is 24.8 Å². The maximum absolute atomic E-state index is 12.7. The molecule has 1 aliphatic heterocycles. The van der Waals surface area contributed by atoms with Gasteiger partial charge in [-0.1, -0.05) is 13.0 Å². The molecule has 1 aliphatic rings. The van der Waals surface area contributed by atoms with E-state index in [1.807, 2.05) is 6.07 Å². The summed E-state index contributed by atoms with van der Waals surface area (Å²) in [6.45, 7) is 4.12. The number of ether oxygens (including phenoxy) is 3. The molecule has 3 atom stereocenters. The fourth-order valence-electron chi connectivity index (χ4n) is 3.65. The summed E-state index contributed by atoms with van der Waals surface area (Å²) in [5, 5.41) is 6.39. The van der Waals surface area contributed by atoms with Gasteiger partial charge in [0.05, 0.1) is 33.8 Å². The summed E-state index contributed by atoms with van der Waals surface area (Å²) in [5.41, 5.74) is 0.767. The molecule has 3 unspecified atom stereocenters. The van der Waals surface area contributed by atoms with Gasteiger partial charge in [-0.2, -0.15) is 0 Å². The second-order valence-electron chi connectivity index (χ2n) is 7.30. The van der Waals surface area contributed by atoms with E-state index in [9.17, 15) is 9.59 Å². The highest BCUT2D eigenvalue weighted by atomic mass is 35.5. The van der Waals surface area contributed by atoms with Crippen LogP contribution >= 0.6 is 12.4 Å². The summed E-state index contributed by atoms with van der Waals surface area (Å²) < 4.78 is 15.4. The molecule has 1 heterocycles. The van der Waals surface area contributed by atoms with Crippen LogP contribution in [-0.4, -0.2) is 46.3 Å². The molecular weight excluding hydrogens is 396 g/mol. The van der Waals surface area contributed by atoms with Crippen molar-refractivity contribution in [1.29, 1.82) is 0 Å². The fraction of sp³-hybridized carbons (Fsp3) is 0.619. The molecular formula is C21H33ClN2O5. The van der Waals surface area contributed by atoms with Crippen LogP contribution in [-0.2, 0) is 14.3 Å². The highest BCUT2D eigenvalue weighted by Gasteiger charge is 2.25. The van der Waals surface area contributed by atoms with Gasteiger partial charge in [-0.25, -0.2) is 0 Å². The first kappa shape index (κ1) is 25.0. The van der Waals surface area contributed by atoms with Crippen molar-refractivity contribution in [2.24, 2.45) is 11.8 Å². The molecule has 29 heavy (non-hydrogen) atoms. The van der Waals surface area contributed by atoms with Crippen LogP contribution in [0.25, 0.3) is 0 Å². The Hall–Kier alpha value is -1.99. The van der Waals surface area contributed by atoms with Crippen LogP contribution in [0.4, 0.5) is 0 Å². The standard InChI is InChI=1S/C21H32N2O5.ClH/c1-14(16-6-5-9-22-13-16)10-20(24)23-17(12-21(25)28-4)15-7-8-18(26-2)19(11-15)27-3;/h7-8,11,14,16-17,22H,5-6,9-10,12-13H2,1-4H3,(H,23,24);1H. The minimum atomic E-state index is -0.489. The topological polar surface area (TPSA) is 85.9 Å². The molecule has 2 N–H and O–H groups in total. The van der Waals surface area contributed by atoms with Gasteiger partial charge in [0.1, 0.15) is 0 Å². The molecule has 0 bridgehead atoms. The smallest absolute Gasteiger partial charge is 0.307 e. The number of hydrogen-bond acceptors (Lipinski definition) is 6. The van der Waals surface area contributed by atoms with Crippen LogP contribution in [0.15, 0.2) is 18.2 Å². The van der Waals surface area contributed by atoms with Gasteiger partial charge in [-0.3, -0.25) is 9.59 Å². The van der Waals surface area contributed by atoms with E-state index in [0.29, 0.717) is 23.8 Å². The number of benzene rings is 1. The number of carbonyl (C=O) groups is 2. The number of nitrogens with one attached hydrogen (secondary N) is 2. The molecule has 1 fully saturated rings. The highest BCUT2D eigenvalue weighted by Crippen LogP contribution is 2.31. The Morgan fingerprint density at radius 3 is 2.48 bits per heavy atom. The Kier molecular flexibility index (Phi) is 10.8. The maximum atomic E-state index is 12.7. The molecule has 7 nitrogen and oxygen atoms in total. The first-order valence-corrected chi connectivity index (χ1v) is 9.77. The van der Waals surface area contributed by atoms with Gasteiger partial charge in [0.15, 0.2) is 11.5 Å². The molecule has 1 aromatic carbocycles. The minimum absolute atomic E-state index is 0. The number of amides is 1. The number of halogens is 1. The lowest BCUT2D eigenvalue weighted by atomic mass is 9.85. The third kappa shape index (κ3) is 7.40. The first-order valence-electron chi connectivity index (χ1n) is 9.77. The molecule has 0 aliphatic carbocycles. The number of rotatable bonds is 9. The second-order valence-corrected chi connectivity index (χ2v) is 7.30. The van der Waals surface area contributed by atoms with Gasteiger partial charge >= 0.3 is 5.97 Å². The van der Waals surface area contributed by atoms with Crippen LogP contribution < -0.4 is 20.1 Å². The zero-order chi connectivity index (χ0) is 20.5. The van der Waals surface area contributed by atoms with Crippen LogP contribution in [0.2, 0.25) is 0 Å². The summed E-state index contributed by atoms with van der Waals surface area (Å²) in [7, 11) is 4.45. The van der Waals surface area contributed by atoms with Crippen molar-refractivity contribution in [3.05, 3.63) is 23.8 Å². The van der Waals surface area contributed by atoms with Crippen LogP contribution in [0.3, 0.4) is 0 Å². The van der Waals surface area contributed by atoms with Crippen molar-refractivity contribution in [2.45, 2.75) is 38.6 Å². The van der Waals surface area contributed by atoms with Crippen molar-refractivity contribution in [3.63, 3.8) is 0 Å². The van der Waals surface area contributed by atoms with Crippen molar-refractivity contribution in [3.8, 4) is 11.5 Å². The molecule has 0 radical (unpaired) electrons. The van der Waals surface area contributed by atoms with Crippen LogP contribution in [0.1, 0.15) is 44.2 Å². The largest absolute Gasteiger partial charge is 0.493 e. The third-order valence-corrected chi connectivity index (χ3v) is 5.39. The third-order valence-electron chi connectivity index (χ3n) is 5.39. The molecule has 1 saturated heterocycles. The lowest BCUT2D eigenvalue weighted by Crippen LogP contribution is -2.36. The molecule has 1 amide bonds. The van der Waals surface area contributed by atoms with Gasteiger partial charge in [0.25, 0.3) is 0 Å². The van der Waals surface area contributed by atoms with Crippen molar-refractivity contribution >= 4 is 24.3 Å². The molecule has 0 saturated carbocycles. The Bertz CT molecular complexity index is 664. The minimum Gasteiger partial charge on any atom is -0.493 e. The normalized spacial score (nSPS) is 18.0. The Balaban J connectivity index is 0.00000420. The van der Waals surface area contributed by atoms with E-state index in [1.165, 1.54) is 7.11 Å². The summed E-state index contributed by atoms with van der Waals surface area (Å²) in [6.07, 6.45) is 2.77. The summed E-state index contributed by atoms with van der Waals surface area (Å²) in [6, 6.07) is 4.88. The number of piperidine rings is 1. The van der Waals surface area contributed by atoms with E-state index in [0.717, 1.165) is 31.5 Å². The quantitative estimate of drug-likeness (QED) is 0.588. The SMILES string of the molecule is COC(=O)CC(NC(=O)CC(C)C1CCCNC1)c1ccc(OC)c(OC)c1.Cl. The Morgan fingerprint density at radius 2 is 1.90 bits per heavy atom. The molecule has 2 rings (SSSR count). The van der Waals surface area contributed by atoms with Gasteiger partial charge in [-0.15, -0.1) is 12.4 Å². The van der Waals surface area contributed by atoms with E-state index >= 15 is 0 Å². The summed E-state index contributed by atoms with van der Waals surface area (Å²) >= 11 is 0. The lowest BCUT2D eigenvalue weighted by Gasteiger charge is -2.28. The van der Waals surface area contributed by atoms with Crippen molar-refractivity contribution in [2.75, 3.05) is 34.4 Å². The monoisotopic (exact) mass is 428 g/mol. The Morgan fingerprint density at radius 1 is 1.17 bits per heavy atom. The zero-order valence-electron chi connectivity index (χ0n) is 17.7. The Labute approximate surface area is 179 Å². The molecule has 1 aromatic rings. The predicted molar refractivity (Wildman–Crippen MR) is 114 cm³/mol. The van der Waals surface area contributed by atoms with Gasteiger partial charge in [0, 0.05) is 6.42 Å². The number of esters is 1. The summed E-state index contributed by atoms with van der Waals surface area (Å²) in [4.78, 5) is 24.6. The van der Waals surface area contributed by atoms with Crippen molar-refractivity contribution < 1.29 is 23.8 Å². The number of hydrogen-bond donors (Lipinski definition) is 2. The van der Waals surface area contributed by atoms with E-state index in [4.69, 9.17) is 14.2 Å². The average Bonchev–Trinajstić information content (AvgIpc) is 2.73. The molecule has 0 spiro atoms. The average molecular weight is 429 g/mol.